The number of aliphatic hydroxyl groups excluding tert-OH is 1. The number of aromatic nitrogens is 8. The third-order valence-electron chi connectivity index (χ3n) is 7.12. The number of ether oxygens (including phenoxy) is 1. The Hall–Kier alpha value is -2.39. The van der Waals surface area contributed by atoms with E-state index in [1.165, 1.54) is 21.8 Å². The van der Waals surface area contributed by atoms with E-state index < -0.39 is 72.9 Å². The number of rotatable bonds is 9. The van der Waals surface area contributed by atoms with Crippen molar-refractivity contribution in [3.8, 4) is 0 Å². The minimum Gasteiger partial charge on any atom is -0.387 e. The predicted octanol–water partition coefficient (Wildman–Crippen LogP) is 0.963. The number of thioether (sulfide) groups is 1. The number of hydrogen-bond acceptors (Lipinski definition) is 15. The van der Waals surface area contributed by atoms with Crippen molar-refractivity contribution < 1.29 is 37.1 Å². The maximum absolute atomic E-state index is 16.0. The van der Waals surface area contributed by atoms with Gasteiger partial charge in [-0.1, -0.05) is 0 Å². The van der Waals surface area contributed by atoms with Gasteiger partial charge in [0.25, 0.3) is 5.56 Å². The maximum Gasteiger partial charge on any atom is 0.582 e. The van der Waals surface area contributed by atoms with Gasteiger partial charge in [-0.3, -0.25) is 14.3 Å². The van der Waals surface area contributed by atoms with E-state index in [1.807, 2.05) is 0 Å². The molecule has 6 heterocycles. The van der Waals surface area contributed by atoms with E-state index >= 15 is 8.78 Å². The number of nitrogens with two attached hydrogens (primary N) is 2. The number of anilines is 2. The highest BCUT2D eigenvalue weighted by molar-refractivity contribution is 8.39. The molecule has 0 amide bonds. The van der Waals surface area contributed by atoms with E-state index in [0.717, 1.165) is 18.1 Å². The van der Waals surface area contributed by atoms with Crippen LogP contribution in [0.4, 0.5) is 20.5 Å². The molecular formula is C20H23F2N10O7P2S3+. The number of imidazole rings is 2. The minimum atomic E-state index is -4.18. The molecule has 0 aliphatic carbocycles. The number of nitrogens with one attached hydrogen (secondary N) is 1. The van der Waals surface area contributed by atoms with Crippen LogP contribution in [0.5, 0.6) is 0 Å². The molecular weight excluding hydrogens is 688 g/mol. The molecule has 0 aromatic carbocycles. The van der Waals surface area contributed by atoms with Crippen molar-refractivity contribution >= 4 is 83.6 Å². The monoisotopic (exact) mass is 711 g/mol. The maximum atomic E-state index is 16.0. The van der Waals surface area contributed by atoms with Crippen molar-refractivity contribution in [1.82, 2.24) is 39.0 Å². The lowest BCUT2D eigenvalue weighted by molar-refractivity contribution is -0.0415. The Balaban J connectivity index is 1.26. The zero-order chi connectivity index (χ0) is 31.5. The summed E-state index contributed by atoms with van der Waals surface area (Å²) in [4.78, 5) is 46.2. The van der Waals surface area contributed by atoms with Crippen LogP contribution in [0, 0.1) is 0 Å². The topological polar surface area (TPSA) is 244 Å². The van der Waals surface area contributed by atoms with Crippen molar-refractivity contribution in [3.05, 3.63) is 29.3 Å². The molecule has 2 saturated heterocycles. The molecule has 10 unspecified atom stereocenters. The molecule has 2 aliphatic rings. The Morgan fingerprint density at radius 2 is 1.89 bits per heavy atom. The van der Waals surface area contributed by atoms with Gasteiger partial charge in [0.15, 0.2) is 41.5 Å². The standard InChI is InChI=1S/C20H22F2N10O7P2S3/c21-8-7(2-37-40(35)42)44-19(32-5-28-11-16(32)29-20(24)30-17(11)34)13(8)41(36,43)38-1-6-12(33)9(22)18(39-6)31-4-27-10-14(23)25-3-26-15(10)31/h3-9,12-13,18-19,33H,1-2H2,(H6-,23,24,25,26,29,30,34,35,36,42,43)/p+1. The van der Waals surface area contributed by atoms with Crippen LogP contribution in [0.2, 0.25) is 0 Å². The zero-order valence-electron chi connectivity index (χ0n) is 21.9. The Morgan fingerprint density at radius 3 is 2.64 bits per heavy atom. The first-order valence-electron chi connectivity index (χ1n) is 12.6. The third-order valence-corrected chi connectivity index (χ3v) is 12.5. The molecule has 0 spiro atoms. The SMILES string of the molecule is Nc1nc2c(ncn2C2SC(CO[P+](=O)S)C(F)C2P(O)(=S)OCC2OC(n3cnc4c(N)ncnc43)C(F)C2O)c(=O)[nH]1. The average molecular weight is 712 g/mol. The van der Waals surface area contributed by atoms with Gasteiger partial charge in [-0.25, -0.2) is 28.7 Å². The summed E-state index contributed by atoms with van der Waals surface area (Å²) in [5, 5.41) is 8.57. The van der Waals surface area contributed by atoms with Gasteiger partial charge in [-0.2, -0.15) is 4.98 Å². The normalized spacial score (nSPS) is 30.7. The Morgan fingerprint density at radius 1 is 1.16 bits per heavy atom. The zero-order valence-corrected chi connectivity index (χ0v) is 26.2. The van der Waals surface area contributed by atoms with Gasteiger partial charge in [0.2, 0.25) is 5.95 Å². The number of aliphatic hydroxyl groups is 1. The molecule has 6 rings (SSSR count). The molecule has 2 aliphatic heterocycles. The molecule has 2 fully saturated rings. The lowest BCUT2D eigenvalue weighted by atomic mass is 10.1. The highest BCUT2D eigenvalue weighted by atomic mass is 32.7. The summed E-state index contributed by atoms with van der Waals surface area (Å²) in [5.74, 6) is -0.166. The number of alkyl halides is 2. The average Bonchev–Trinajstić information content (AvgIpc) is 3.72. The Labute approximate surface area is 260 Å². The summed E-state index contributed by atoms with van der Waals surface area (Å²) in [6, 6.07) is 0. The third kappa shape index (κ3) is 5.61. The predicted molar refractivity (Wildman–Crippen MR) is 161 cm³/mol. The first-order valence-corrected chi connectivity index (χ1v) is 18.6. The second-order valence-electron chi connectivity index (χ2n) is 9.75. The first kappa shape index (κ1) is 31.6. The molecule has 44 heavy (non-hydrogen) atoms. The van der Waals surface area contributed by atoms with Crippen molar-refractivity contribution in [2.45, 2.75) is 47.1 Å². The van der Waals surface area contributed by atoms with Crippen LogP contribution >= 0.6 is 37.7 Å². The van der Waals surface area contributed by atoms with Crippen LogP contribution in [0.25, 0.3) is 22.3 Å². The van der Waals surface area contributed by atoms with Crippen molar-refractivity contribution in [2.75, 3.05) is 24.7 Å². The molecule has 7 N–H and O–H groups in total. The molecule has 0 radical (unpaired) electrons. The molecule has 10 atom stereocenters. The number of thiol groups is 1. The Kier molecular flexibility index (Phi) is 8.68. The minimum absolute atomic E-state index is 0.00699. The summed E-state index contributed by atoms with van der Waals surface area (Å²) < 4.78 is 61.8. The summed E-state index contributed by atoms with van der Waals surface area (Å²) in [6.07, 6.45) is -4.72. The number of hydrogen-bond donors (Lipinski definition) is 6. The number of H-pyrrole nitrogens is 1. The number of nitrogens with zero attached hydrogens (tertiary/aromatic N) is 7. The lowest BCUT2D eigenvalue weighted by Crippen LogP contribution is -2.34. The van der Waals surface area contributed by atoms with Crippen LogP contribution in [0.1, 0.15) is 11.6 Å². The van der Waals surface area contributed by atoms with Gasteiger partial charge in [-0.15, -0.1) is 16.3 Å². The fourth-order valence-corrected chi connectivity index (χ4v) is 10.6. The van der Waals surface area contributed by atoms with E-state index in [9.17, 15) is 19.4 Å². The molecule has 236 valence electrons. The fourth-order valence-electron chi connectivity index (χ4n) is 5.07. The fraction of sp³-hybridized carbons (Fsp3) is 0.500. The van der Waals surface area contributed by atoms with Gasteiger partial charge < -0.3 is 35.3 Å². The van der Waals surface area contributed by atoms with Crippen LogP contribution in [-0.4, -0.2) is 97.7 Å². The summed E-state index contributed by atoms with van der Waals surface area (Å²) in [6.45, 7) is -5.16. The molecule has 17 nitrogen and oxygen atoms in total. The van der Waals surface area contributed by atoms with E-state index in [-0.39, 0.29) is 40.7 Å². The molecule has 4 aromatic rings. The van der Waals surface area contributed by atoms with Crippen LogP contribution in [0.3, 0.4) is 0 Å². The Bertz CT molecular complexity index is 1850. The van der Waals surface area contributed by atoms with Gasteiger partial charge in [0.05, 0.1) is 35.5 Å². The van der Waals surface area contributed by atoms with E-state index in [4.69, 9.17) is 37.1 Å². The van der Waals surface area contributed by atoms with Gasteiger partial charge in [0.1, 0.15) is 49.1 Å². The molecule has 0 saturated carbocycles. The first-order chi connectivity index (χ1) is 20.9. The van der Waals surface area contributed by atoms with Crippen LogP contribution in [-0.2, 0) is 30.2 Å². The number of nitrogen functional groups attached to an aromatic ring is 2. The highest BCUT2D eigenvalue weighted by Crippen LogP contribution is 2.63. The number of aromatic amines is 1. The quantitative estimate of drug-likeness (QED) is 0.105. The van der Waals surface area contributed by atoms with Crippen LogP contribution < -0.4 is 17.0 Å². The van der Waals surface area contributed by atoms with E-state index in [2.05, 4.69) is 42.2 Å². The second-order valence-corrected chi connectivity index (χ2v) is 16.4. The summed E-state index contributed by atoms with van der Waals surface area (Å²) in [7, 11) is -2.37. The van der Waals surface area contributed by atoms with Crippen molar-refractivity contribution in [2.24, 2.45) is 0 Å². The van der Waals surface area contributed by atoms with Crippen LogP contribution in [0.15, 0.2) is 23.8 Å². The van der Waals surface area contributed by atoms with Crippen molar-refractivity contribution in [1.29, 1.82) is 0 Å². The van der Waals surface area contributed by atoms with E-state index in [0.29, 0.717) is 0 Å². The van der Waals surface area contributed by atoms with Crippen molar-refractivity contribution in [3.63, 3.8) is 0 Å². The molecule has 4 aromatic heterocycles. The molecule has 24 heteroatoms. The smallest absolute Gasteiger partial charge is 0.387 e. The largest absolute Gasteiger partial charge is 0.582 e. The number of halogens is 2. The number of fused-ring (bicyclic) bond motifs is 2. The second kappa shape index (κ2) is 12.1. The summed E-state index contributed by atoms with van der Waals surface area (Å²) in [5.41, 5.74) is 9.67. The van der Waals surface area contributed by atoms with Gasteiger partial charge in [-0.05, 0) is 16.4 Å². The van der Waals surface area contributed by atoms with E-state index in [1.54, 1.807) is 0 Å². The lowest BCUT2D eigenvalue weighted by Gasteiger charge is -2.30. The highest BCUT2D eigenvalue weighted by Gasteiger charge is 2.55. The summed E-state index contributed by atoms with van der Waals surface area (Å²) >= 11 is 10.1. The van der Waals surface area contributed by atoms with Gasteiger partial charge in [0, 0.05) is 0 Å². The van der Waals surface area contributed by atoms with Gasteiger partial charge >= 0.3 is 7.23 Å². The molecule has 0 bridgehead atoms.